The molecule has 0 unspecified atom stereocenters. The van der Waals surface area contributed by atoms with Crippen molar-refractivity contribution in [3.8, 4) is 6.07 Å². The summed E-state index contributed by atoms with van der Waals surface area (Å²) in [7, 11) is 0. The minimum atomic E-state index is 0.600. The van der Waals surface area contributed by atoms with Gasteiger partial charge in [-0.25, -0.2) is 9.97 Å². The van der Waals surface area contributed by atoms with Crippen molar-refractivity contribution in [1.29, 1.82) is 5.26 Å². The minimum Gasteiger partial charge on any atom is -0.340 e. The molecular formula is C19H17N5. The van der Waals surface area contributed by atoms with Crippen LogP contribution in [-0.2, 0) is 0 Å². The fourth-order valence-corrected chi connectivity index (χ4v) is 2.32. The van der Waals surface area contributed by atoms with Gasteiger partial charge in [-0.05, 0) is 49.2 Å². The molecule has 0 aliphatic heterocycles. The van der Waals surface area contributed by atoms with Crippen LogP contribution in [0.3, 0.4) is 0 Å². The average molecular weight is 315 g/mol. The van der Waals surface area contributed by atoms with Gasteiger partial charge in [0.25, 0.3) is 0 Å². The van der Waals surface area contributed by atoms with Crippen LogP contribution in [0.2, 0.25) is 0 Å². The highest BCUT2D eigenvalue weighted by Crippen LogP contribution is 2.22. The van der Waals surface area contributed by atoms with Gasteiger partial charge in [0.2, 0.25) is 0 Å². The van der Waals surface area contributed by atoms with Crippen molar-refractivity contribution in [2.75, 3.05) is 10.6 Å². The second-order valence-electron chi connectivity index (χ2n) is 5.55. The molecule has 1 heterocycles. The maximum Gasteiger partial charge on any atom is 0.135 e. The van der Waals surface area contributed by atoms with Gasteiger partial charge in [-0.1, -0.05) is 18.2 Å². The van der Waals surface area contributed by atoms with Gasteiger partial charge < -0.3 is 10.6 Å². The molecule has 0 aliphatic rings. The molecule has 0 fully saturated rings. The van der Waals surface area contributed by atoms with Gasteiger partial charge in [-0.3, -0.25) is 0 Å². The first-order valence-corrected chi connectivity index (χ1v) is 7.57. The summed E-state index contributed by atoms with van der Waals surface area (Å²) in [5, 5.41) is 15.5. The molecule has 2 N–H and O–H groups in total. The number of aromatic nitrogens is 2. The van der Waals surface area contributed by atoms with Crippen molar-refractivity contribution in [1.82, 2.24) is 9.97 Å². The smallest absolute Gasteiger partial charge is 0.135 e. The molecule has 0 saturated carbocycles. The van der Waals surface area contributed by atoms with E-state index in [0.717, 1.165) is 16.9 Å². The Morgan fingerprint density at radius 1 is 0.917 bits per heavy atom. The number of anilines is 4. The third-order valence-electron chi connectivity index (χ3n) is 3.59. The normalized spacial score (nSPS) is 10.0. The second kappa shape index (κ2) is 6.80. The molecular weight excluding hydrogens is 298 g/mol. The van der Waals surface area contributed by atoms with Crippen molar-refractivity contribution in [2.45, 2.75) is 13.8 Å². The van der Waals surface area contributed by atoms with E-state index in [1.165, 1.54) is 11.9 Å². The standard InChI is InChI=1S/C19H17N5/c1-13-6-7-14(2)17(8-13)24-19-10-18(21-12-22-19)23-16-5-3-4-15(9-16)11-20/h3-10,12H,1-2H3,(H2,21,22,23,24). The van der Waals surface area contributed by atoms with Crippen molar-refractivity contribution < 1.29 is 0 Å². The predicted octanol–water partition coefficient (Wildman–Crippen LogP) is 4.45. The number of benzene rings is 2. The zero-order valence-corrected chi connectivity index (χ0v) is 13.5. The van der Waals surface area contributed by atoms with E-state index in [-0.39, 0.29) is 0 Å². The maximum absolute atomic E-state index is 8.97. The Morgan fingerprint density at radius 2 is 1.71 bits per heavy atom. The van der Waals surface area contributed by atoms with Crippen molar-refractivity contribution in [3.05, 3.63) is 71.5 Å². The molecule has 0 atom stereocenters. The van der Waals surface area contributed by atoms with Crippen LogP contribution in [0.15, 0.2) is 54.9 Å². The molecule has 0 spiro atoms. The van der Waals surface area contributed by atoms with Gasteiger partial charge in [-0.2, -0.15) is 5.26 Å². The third-order valence-corrected chi connectivity index (χ3v) is 3.59. The summed E-state index contributed by atoms with van der Waals surface area (Å²) in [5.41, 5.74) is 4.76. The summed E-state index contributed by atoms with van der Waals surface area (Å²) in [6, 6.07) is 17.5. The maximum atomic E-state index is 8.97. The first-order valence-electron chi connectivity index (χ1n) is 7.57. The Hall–Kier alpha value is -3.39. The van der Waals surface area contributed by atoms with E-state index in [1.807, 2.05) is 18.2 Å². The highest BCUT2D eigenvalue weighted by Gasteiger charge is 2.03. The van der Waals surface area contributed by atoms with Crippen LogP contribution in [0.5, 0.6) is 0 Å². The molecule has 0 bridgehead atoms. The number of hydrogen-bond acceptors (Lipinski definition) is 5. The van der Waals surface area contributed by atoms with E-state index in [1.54, 1.807) is 12.1 Å². The van der Waals surface area contributed by atoms with E-state index in [2.05, 4.69) is 58.7 Å². The summed E-state index contributed by atoms with van der Waals surface area (Å²) < 4.78 is 0. The average Bonchev–Trinajstić information content (AvgIpc) is 2.59. The Bertz CT molecular complexity index is 912. The molecule has 0 aliphatic carbocycles. The summed E-state index contributed by atoms with van der Waals surface area (Å²) in [6.07, 6.45) is 1.50. The van der Waals surface area contributed by atoms with Crippen LogP contribution >= 0.6 is 0 Å². The van der Waals surface area contributed by atoms with Crippen LogP contribution in [0.25, 0.3) is 0 Å². The SMILES string of the molecule is Cc1ccc(C)c(Nc2cc(Nc3cccc(C#N)c3)ncn2)c1. The molecule has 0 saturated heterocycles. The third kappa shape index (κ3) is 3.68. The lowest BCUT2D eigenvalue weighted by Crippen LogP contribution is -2.00. The van der Waals surface area contributed by atoms with E-state index in [0.29, 0.717) is 17.2 Å². The van der Waals surface area contributed by atoms with Gasteiger partial charge in [0.05, 0.1) is 11.6 Å². The van der Waals surface area contributed by atoms with Gasteiger partial charge in [0, 0.05) is 17.4 Å². The number of rotatable bonds is 4. The molecule has 0 amide bonds. The second-order valence-corrected chi connectivity index (χ2v) is 5.55. The largest absolute Gasteiger partial charge is 0.340 e. The molecule has 3 rings (SSSR count). The van der Waals surface area contributed by atoms with Crippen LogP contribution < -0.4 is 10.6 Å². The number of aryl methyl sites for hydroxylation is 2. The van der Waals surface area contributed by atoms with E-state index in [4.69, 9.17) is 5.26 Å². The van der Waals surface area contributed by atoms with Gasteiger partial charge >= 0.3 is 0 Å². The molecule has 24 heavy (non-hydrogen) atoms. The van der Waals surface area contributed by atoms with Gasteiger partial charge in [-0.15, -0.1) is 0 Å². The first kappa shape index (κ1) is 15.5. The fraction of sp³-hybridized carbons (Fsp3) is 0.105. The Kier molecular flexibility index (Phi) is 4.39. The highest BCUT2D eigenvalue weighted by atomic mass is 15.1. The summed E-state index contributed by atoms with van der Waals surface area (Å²) >= 11 is 0. The lowest BCUT2D eigenvalue weighted by atomic mass is 10.1. The predicted molar refractivity (Wildman–Crippen MR) is 95.7 cm³/mol. The molecule has 0 radical (unpaired) electrons. The number of nitrogens with zero attached hydrogens (tertiary/aromatic N) is 3. The lowest BCUT2D eigenvalue weighted by molar-refractivity contribution is 1.16. The van der Waals surface area contributed by atoms with Crippen LogP contribution in [-0.4, -0.2) is 9.97 Å². The number of nitrogens with one attached hydrogen (secondary N) is 2. The molecule has 5 nitrogen and oxygen atoms in total. The fourth-order valence-electron chi connectivity index (χ4n) is 2.32. The van der Waals surface area contributed by atoms with Crippen LogP contribution in [0.1, 0.15) is 16.7 Å². The topological polar surface area (TPSA) is 73.6 Å². The minimum absolute atomic E-state index is 0.600. The number of nitriles is 1. The van der Waals surface area contributed by atoms with Crippen LogP contribution in [0, 0.1) is 25.2 Å². The van der Waals surface area contributed by atoms with Gasteiger partial charge in [0.1, 0.15) is 18.0 Å². The monoisotopic (exact) mass is 315 g/mol. The number of hydrogen-bond donors (Lipinski definition) is 2. The van der Waals surface area contributed by atoms with Crippen molar-refractivity contribution in [2.24, 2.45) is 0 Å². The van der Waals surface area contributed by atoms with E-state index < -0.39 is 0 Å². The van der Waals surface area contributed by atoms with E-state index in [9.17, 15) is 0 Å². The zero-order chi connectivity index (χ0) is 16.9. The summed E-state index contributed by atoms with van der Waals surface area (Å²) in [4.78, 5) is 8.49. The summed E-state index contributed by atoms with van der Waals surface area (Å²) in [6.45, 7) is 4.11. The lowest BCUT2D eigenvalue weighted by Gasteiger charge is -2.11. The molecule has 5 heteroatoms. The van der Waals surface area contributed by atoms with Crippen molar-refractivity contribution >= 4 is 23.0 Å². The Balaban J connectivity index is 1.81. The van der Waals surface area contributed by atoms with Crippen molar-refractivity contribution in [3.63, 3.8) is 0 Å². The van der Waals surface area contributed by atoms with Gasteiger partial charge in [0.15, 0.2) is 0 Å². The van der Waals surface area contributed by atoms with E-state index >= 15 is 0 Å². The highest BCUT2D eigenvalue weighted by molar-refractivity contribution is 5.65. The van der Waals surface area contributed by atoms with Crippen LogP contribution in [0.4, 0.5) is 23.0 Å². The Labute approximate surface area is 141 Å². The summed E-state index contributed by atoms with van der Waals surface area (Å²) in [5.74, 6) is 1.37. The Morgan fingerprint density at radius 3 is 2.50 bits per heavy atom. The molecule has 3 aromatic rings. The first-order chi connectivity index (χ1) is 11.6. The molecule has 118 valence electrons. The quantitative estimate of drug-likeness (QED) is 0.744. The molecule has 2 aromatic carbocycles. The molecule has 1 aromatic heterocycles. The zero-order valence-electron chi connectivity index (χ0n) is 13.5.